The van der Waals surface area contributed by atoms with E-state index in [0.717, 1.165) is 5.56 Å². The molecule has 2 aromatic rings. The van der Waals surface area contributed by atoms with Crippen molar-refractivity contribution in [1.29, 1.82) is 0 Å². The summed E-state index contributed by atoms with van der Waals surface area (Å²) in [6.07, 6.45) is 6.21. The maximum absolute atomic E-state index is 12.1. The van der Waals surface area contributed by atoms with Gasteiger partial charge in [-0.3, -0.25) is 9.78 Å². The molecule has 0 aliphatic carbocycles. The van der Waals surface area contributed by atoms with E-state index in [1.165, 1.54) is 16.8 Å². The molecule has 3 rings (SSSR count). The van der Waals surface area contributed by atoms with Crippen LogP contribution in [0.4, 0.5) is 0 Å². The van der Waals surface area contributed by atoms with Crippen LogP contribution in [0.25, 0.3) is 0 Å². The molecule has 2 aromatic heterocycles. The van der Waals surface area contributed by atoms with Gasteiger partial charge in [0.15, 0.2) is 5.82 Å². The number of carbonyl (C=O) groups is 1. The number of aryl methyl sites for hydroxylation is 1. The fraction of sp³-hybridized carbons (Fsp3) is 0.529. The van der Waals surface area contributed by atoms with Gasteiger partial charge >= 0.3 is 0 Å². The largest absolute Gasteiger partial charge is 0.351 e. The minimum Gasteiger partial charge on any atom is -0.351 e. The lowest BCUT2D eigenvalue weighted by atomic mass is 9.97. The lowest BCUT2D eigenvalue weighted by Crippen LogP contribution is -2.37. The van der Waals surface area contributed by atoms with Crippen molar-refractivity contribution in [3.8, 4) is 0 Å². The van der Waals surface area contributed by atoms with E-state index in [4.69, 9.17) is 4.52 Å². The smallest absolute Gasteiger partial charge is 0.252 e. The van der Waals surface area contributed by atoms with E-state index >= 15 is 0 Å². The third kappa shape index (κ3) is 5.10. The van der Waals surface area contributed by atoms with Crippen LogP contribution in [0.2, 0.25) is 0 Å². The average Bonchev–Trinajstić information content (AvgIpc) is 3.10. The molecular formula is C17H23N5O4S. The van der Waals surface area contributed by atoms with Gasteiger partial charge in [-0.15, -0.1) is 0 Å². The van der Waals surface area contributed by atoms with Crippen molar-refractivity contribution in [2.45, 2.75) is 32.1 Å². The van der Waals surface area contributed by atoms with Crippen molar-refractivity contribution in [2.24, 2.45) is 0 Å². The van der Waals surface area contributed by atoms with Crippen molar-refractivity contribution in [2.75, 3.05) is 25.9 Å². The summed E-state index contributed by atoms with van der Waals surface area (Å²) in [5, 5.41) is 6.82. The van der Waals surface area contributed by atoms with Crippen molar-refractivity contribution in [1.82, 2.24) is 24.7 Å². The van der Waals surface area contributed by atoms with Crippen LogP contribution in [0.3, 0.4) is 0 Å². The van der Waals surface area contributed by atoms with Crippen molar-refractivity contribution in [3.05, 3.63) is 41.3 Å². The Bertz CT molecular complexity index is 904. The first kappa shape index (κ1) is 19.4. The highest BCUT2D eigenvalue weighted by molar-refractivity contribution is 7.88. The first-order valence-electron chi connectivity index (χ1n) is 8.80. The summed E-state index contributed by atoms with van der Waals surface area (Å²) in [7, 11) is -3.15. The summed E-state index contributed by atoms with van der Waals surface area (Å²) in [6, 6.07) is 1.77. The summed E-state index contributed by atoms with van der Waals surface area (Å²) in [6.45, 7) is 3.19. The number of carbonyl (C=O) groups excluding carboxylic acids is 1. The van der Waals surface area contributed by atoms with Gasteiger partial charge in [-0.1, -0.05) is 5.16 Å². The zero-order valence-electron chi connectivity index (χ0n) is 15.4. The number of piperidine rings is 1. The molecular weight excluding hydrogens is 370 g/mol. The number of amides is 1. The van der Waals surface area contributed by atoms with E-state index < -0.39 is 10.0 Å². The summed E-state index contributed by atoms with van der Waals surface area (Å²) in [4.78, 5) is 20.5. The SMILES string of the molecule is Cc1cncc(C(=O)NCCc2nc(C3CCN(S(C)(=O)=O)CC3)no2)c1. The highest BCUT2D eigenvalue weighted by Crippen LogP contribution is 2.26. The van der Waals surface area contributed by atoms with Gasteiger partial charge in [0.05, 0.1) is 11.8 Å². The van der Waals surface area contributed by atoms with E-state index in [1.807, 2.05) is 6.92 Å². The second-order valence-corrected chi connectivity index (χ2v) is 8.72. The molecule has 0 spiro atoms. The normalized spacial score (nSPS) is 16.4. The van der Waals surface area contributed by atoms with Gasteiger partial charge in [0.2, 0.25) is 15.9 Å². The monoisotopic (exact) mass is 393 g/mol. The third-order valence-corrected chi connectivity index (χ3v) is 5.84. The van der Waals surface area contributed by atoms with E-state index in [2.05, 4.69) is 20.4 Å². The highest BCUT2D eigenvalue weighted by atomic mass is 32.2. The molecule has 0 saturated carbocycles. The van der Waals surface area contributed by atoms with E-state index in [0.29, 0.717) is 56.2 Å². The Morgan fingerprint density at radius 3 is 2.74 bits per heavy atom. The number of nitrogens with zero attached hydrogens (tertiary/aromatic N) is 4. The van der Waals surface area contributed by atoms with Gasteiger partial charge in [0, 0.05) is 44.4 Å². The van der Waals surface area contributed by atoms with Crippen LogP contribution in [0.15, 0.2) is 23.0 Å². The molecule has 1 aliphatic heterocycles. The maximum Gasteiger partial charge on any atom is 0.252 e. The molecule has 1 saturated heterocycles. The number of hydrogen-bond donors (Lipinski definition) is 1. The molecule has 10 heteroatoms. The molecule has 0 unspecified atom stereocenters. The van der Waals surface area contributed by atoms with Crippen molar-refractivity contribution >= 4 is 15.9 Å². The highest BCUT2D eigenvalue weighted by Gasteiger charge is 2.28. The minimum absolute atomic E-state index is 0.0912. The molecule has 3 heterocycles. The zero-order chi connectivity index (χ0) is 19.4. The standard InChI is InChI=1S/C17H23N5O4S/c1-12-9-14(11-18-10-12)17(23)19-6-3-15-20-16(21-26-15)13-4-7-22(8-5-13)27(2,24)25/h9-11,13H,3-8H2,1-2H3,(H,19,23). The Kier molecular flexibility index (Phi) is 5.85. The molecule has 0 aromatic carbocycles. The van der Waals surface area contributed by atoms with Crippen LogP contribution in [0, 0.1) is 6.92 Å². The second-order valence-electron chi connectivity index (χ2n) is 6.74. The number of rotatable bonds is 6. The third-order valence-electron chi connectivity index (χ3n) is 4.53. The van der Waals surface area contributed by atoms with E-state index in [9.17, 15) is 13.2 Å². The van der Waals surface area contributed by atoms with Crippen LogP contribution in [0.5, 0.6) is 0 Å². The molecule has 0 radical (unpaired) electrons. The molecule has 146 valence electrons. The van der Waals surface area contributed by atoms with Crippen LogP contribution < -0.4 is 5.32 Å². The van der Waals surface area contributed by atoms with E-state index in [1.54, 1.807) is 12.3 Å². The summed E-state index contributed by atoms with van der Waals surface area (Å²) < 4.78 is 29.9. The molecule has 1 N–H and O–H groups in total. The predicted octanol–water partition coefficient (Wildman–Crippen LogP) is 0.885. The van der Waals surface area contributed by atoms with Gasteiger partial charge in [-0.2, -0.15) is 4.98 Å². The fourth-order valence-corrected chi connectivity index (χ4v) is 3.92. The molecule has 27 heavy (non-hydrogen) atoms. The molecule has 0 bridgehead atoms. The number of sulfonamides is 1. The topological polar surface area (TPSA) is 118 Å². The van der Waals surface area contributed by atoms with Gasteiger partial charge in [0.1, 0.15) is 0 Å². The molecule has 1 aliphatic rings. The predicted molar refractivity (Wildman–Crippen MR) is 97.7 cm³/mol. The maximum atomic E-state index is 12.1. The van der Waals surface area contributed by atoms with E-state index in [-0.39, 0.29) is 11.8 Å². The quantitative estimate of drug-likeness (QED) is 0.774. The first-order valence-corrected chi connectivity index (χ1v) is 10.6. The summed E-state index contributed by atoms with van der Waals surface area (Å²) in [5.74, 6) is 0.957. The number of pyridine rings is 1. The number of hydrogen-bond acceptors (Lipinski definition) is 7. The Labute approximate surface area is 158 Å². The minimum atomic E-state index is -3.15. The van der Waals surface area contributed by atoms with Gasteiger partial charge in [-0.05, 0) is 31.4 Å². The lowest BCUT2D eigenvalue weighted by molar-refractivity contribution is 0.0953. The number of aromatic nitrogens is 3. The van der Waals surface area contributed by atoms with Gasteiger partial charge in [-0.25, -0.2) is 12.7 Å². The fourth-order valence-electron chi connectivity index (χ4n) is 3.05. The average molecular weight is 393 g/mol. The van der Waals surface area contributed by atoms with Crippen LogP contribution in [-0.4, -0.2) is 59.6 Å². The number of nitrogens with one attached hydrogen (secondary N) is 1. The van der Waals surface area contributed by atoms with Crippen LogP contribution >= 0.6 is 0 Å². The lowest BCUT2D eigenvalue weighted by Gasteiger charge is -2.28. The second kappa shape index (κ2) is 8.13. The Morgan fingerprint density at radius 2 is 2.07 bits per heavy atom. The molecule has 0 atom stereocenters. The first-order chi connectivity index (χ1) is 12.8. The Morgan fingerprint density at radius 1 is 1.33 bits per heavy atom. The van der Waals surface area contributed by atoms with Gasteiger partial charge < -0.3 is 9.84 Å². The summed E-state index contributed by atoms with van der Waals surface area (Å²) >= 11 is 0. The molecule has 9 nitrogen and oxygen atoms in total. The Balaban J connectivity index is 1.48. The van der Waals surface area contributed by atoms with Crippen LogP contribution in [0.1, 0.15) is 46.4 Å². The summed E-state index contributed by atoms with van der Waals surface area (Å²) in [5.41, 5.74) is 1.44. The molecule has 1 fully saturated rings. The zero-order valence-corrected chi connectivity index (χ0v) is 16.2. The molecule has 1 amide bonds. The Hall–Kier alpha value is -2.33. The van der Waals surface area contributed by atoms with Gasteiger partial charge in [0.25, 0.3) is 5.91 Å². The van der Waals surface area contributed by atoms with Crippen molar-refractivity contribution in [3.63, 3.8) is 0 Å². The van der Waals surface area contributed by atoms with Crippen molar-refractivity contribution < 1.29 is 17.7 Å². The van der Waals surface area contributed by atoms with Crippen LogP contribution in [-0.2, 0) is 16.4 Å².